The average molecular weight is 183 g/mol. The molecule has 4 nitrogen and oxygen atoms in total. The normalized spacial score (nSPS) is 31.6. The lowest BCUT2D eigenvalue weighted by Crippen LogP contribution is -2.37. The fraction of sp³-hybridized carbons (Fsp3) is 0.778. The molecule has 13 heavy (non-hydrogen) atoms. The van der Waals surface area contributed by atoms with E-state index in [9.17, 15) is 9.59 Å². The number of ether oxygens (including phenoxy) is 1. The first-order chi connectivity index (χ1) is 6.12. The van der Waals surface area contributed by atoms with E-state index >= 15 is 0 Å². The van der Waals surface area contributed by atoms with E-state index in [4.69, 9.17) is 4.74 Å². The molecule has 72 valence electrons. The second-order valence-electron chi connectivity index (χ2n) is 4.14. The van der Waals surface area contributed by atoms with Gasteiger partial charge in [-0.2, -0.15) is 0 Å². The quantitative estimate of drug-likeness (QED) is 0.664. The van der Waals surface area contributed by atoms with Crippen molar-refractivity contribution in [3.8, 4) is 0 Å². The van der Waals surface area contributed by atoms with Gasteiger partial charge in [0, 0.05) is 5.41 Å². The van der Waals surface area contributed by atoms with Crippen molar-refractivity contribution in [1.82, 2.24) is 5.32 Å². The molecule has 1 aliphatic heterocycles. The molecule has 0 radical (unpaired) electrons. The first kappa shape index (κ1) is 8.53. The van der Waals surface area contributed by atoms with Crippen LogP contribution in [0.15, 0.2) is 0 Å². The Hall–Kier alpha value is -1.06. The van der Waals surface area contributed by atoms with Gasteiger partial charge in [-0.3, -0.25) is 10.1 Å². The molecule has 0 spiro atoms. The van der Waals surface area contributed by atoms with Crippen LogP contribution in [0.2, 0.25) is 0 Å². The molecule has 1 unspecified atom stereocenters. The summed E-state index contributed by atoms with van der Waals surface area (Å²) in [7, 11) is 0. The van der Waals surface area contributed by atoms with Gasteiger partial charge in [-0.15, -0.1) is 0 Å². The highest BCUT2D eigenvalue weighted by molar-refractivity contribution is 6.00. The number of carbonyl (C=O) groups excluding carboxylic acids is 2. The van der Waals surface area contributed by atoms with Gasteiger partial charge in [0.05, 0.1) is 0 Å². The third-order valence-electron chi connectivity index (χ3n) is 3.07. The molecule has 1 N–H and O–H groups in total. The molecule has 0 aromatic heterocycles. The molecular formula is C9H13NO3. The fourth-order valence-corrected chi connectivity index (χ4v) is 2.26. The maximum Gasteiger partial charge on any atom is 0.414 e. The van der Waals surface area contributed by atoms with E-state index in [0.717, 1.165) is 25.7 Å². The van der Waals surface area contributed by atoms with Gasteiger partial charge in [-0.25, -0.2) is 4.79 Å². The highest BCUT2D eigenvalue weighted by atomic mass is 16.6. The lowest BCUT2D eigenvalue weighted by Gasteiger charge is -2.26. The Bertz CT molecular complexity index is 256. The highest BCUT2D eigenvalue weighted by Gasteiger charge is 2.47. The maximum absolute atomic E-state index is 11.3. The Morgan fingerprint density at radius 2 is 2.00 bits per heavy atom. The second-order valence-corrected chi connectivity index (χ2v) is 4.14. The van der Waals surface area contributed by atoms with Crippen LogP contribution in [0.1, 0.15) is 32.6 Å². The summed E-state index contributed by atoms with van der Waals surface area (Å²) in [5.41, 5.74) is -0.129. The molecule has 1 heterocycles. The summed E-state index contributed by atoms with van der Waals surface area (Å²) in [5, 5.41) is 2.17. The van der Waals surface area contributed by atoms with E-state index < -0.39 is 12.2 Å². The summed E-state index contributed by atoms with van der Waals surface area (Å²) in [6.45, 7) is 2.02. The van der Waals surface area contributed by atoms with Crippen molar-refractivity contribution < 1.29 is 14.3 Å². The first-order valence-electron chi connectivity index (χ1n) is 4.63. The predicted octanol–water partition coefficient (Wildman–Crippen LogP) is 1.20. The predicted molar refractivity (Wildman–Crippen MR) is 45.0 cm³/mol. The van der Waals surface area contributed by atoms with Crippen LogP contribution in [-0.4, -0.2) is 18.1 Å². The van der Waals surface area contributed by atoms with Gasteiger partial charge in [0.1, 0.15) is 0 Å². The molecule has 0 aromatic rings. The van der Waals surface area contributed by atoms with Crippen molar-refractivity contribution in [3.05, 3.63) is 0 Å². The zero-order chi connectivity index (χ0) is 9.47. The summed E-state index contributed by atoms with van der Waals surface area (Å²) in [4.78, 5) is 22.1. The van der Waals surface area contributed by atoms with Crippen molar-refractivity contribution in [3.63, 3.8) is 0 Å². The van der Waals surface area contributed by atoms with E-state index in [2.05, 4.69) is 5.32 Å². The van der Waals surface area contributed by atoms with E-state index in [-0.39, 0.29) is 11.3 Å². The number of rotatable bonds is 1. The summed E-state index contributed by atoms with van der Waals surface area (Å²) < 4.78 is 4.96. The summed E-state index contributed by atoms with van der Waals surface area (Å²) in [6, 6.07) is 0. The van der Waals surface area contributed by atoms with Gasteiger partial charge in [0.25, 0.3) is 5.91 Å². The third kappa shape index (κ3) is 1.30. The molecule has 1 saturated heterocycles. The number of amides is 2. The third-order valence-corrected chi connectivity index (χ3v) is 3.07. The number of carbonyl (C=O) groups is 2. The molecule has 2 aliphatic rings. The lowest BCUT2D eigenvalue weighted by molar-refractivity contribution is -0.128. The van der Waals surface area contributed by atoms with Crippen molar-refractivity contribution in [2.45, 2.75) is 38.7 Å². The van der Waals surface area contributed by atoms with Crippen molar-refractivity contribution >= 4 is 12.0 Å². The highest BCUT2D eigenvalue weighted by Crippen LogP contribution is 2.42. The summed E-state index contributed by atoms with van der Waals surface area (Å²) in [5.74, 6) is -0.269. The second kappa shape index (κ2) is 2.72. The summed E-state index contributed by atoms with van der Waals surface area (Å²) in [6.07, 6.45) is 3.04. The van der Waals surface area contributed by atoms with Gasteiger partial charge in [0.2, 0.25) is 0 Å². The van der Waals surface area contributed by atoms with Crippen LogP contribution in [0.4, 0.5) is 4.79 Å². The van der Waals surface area contributed by atoms with E-state index in [1.54, 1.807) is 0 Å². The molecular weight excluding hydrogens is 170 g/mol. The largest absolute Gasteiger partial charge is 0.435 e. The van der Waals surface area contributed by atoms with E-state index in [1.807, 2.05) is 6.92 Å². The molecule has 1 atom stereocenters. The Balaban J connectivity index is 2.16. The van der Waals surface area contributed by atoms with Crippen LogP contribution in [-0.2, 0) is 9.53 Å². The molecule has 2 amide bonds. The zero-order valence-electron chi connectivity index (χ0n) is 7.63. The monoisotopic (exact) mass is 183 g/mol. The van der Waals surface area contributed by atoms with Gasteiger partial charge in [0.15, 0.2) is 6.10 Å². The Morgan fingerprint density at radius 3 is 2.46 bits per heavy atom. The number of alkyl carbamates (subject to hydrolysis) is 1. The van der Waals surface area contributed by atoms with Crippen LogP contribution >= 0.6 is 0 Å². The van der Waals surface area contributed by atoms with Gasteiger partial charge in [-0.1, -0.05) is 19.8 Å². The zero-order valence-corrected chi connectivity index (χ0v) is 7.63. The minimum Gasteiger partial charge on any atom is -0.435 e. The molecule has 1 aliphatic carbocycles. The minimum atomic E-state index is -0.594. The average Bonchev–Trinajstić information content (AvgIpc) is 2.59. The molecule has 4 heteroatoms. The van der Waals surface area contributed by atoms with Gasteiger partial charge >= 0.3 is 6.09 Å². The molecule has 2 fully saturated rings. The maximum atomic E-state index is 11.3. The van der Waals surface area contributed by atoms with Crippen LogP contribution in [0, 0.1) is 5.41 Å². The molecule has 2 rings (SSSR count). The van der Waals surface area contributed by atoms with Crippen LogP contribution in [0.5, 0.6) is 0 Å². The SMILES string of the molecule is CC1(C2OC(=O)NC2=O)CCCC1. The first-order valence-corrected chi connectivity index (χ1v) is 4.63. The molecule has 0 aromatic carbocycles. The number of hydrogen-bond donors (Lipinski definition) is 1. The number of hydrogen-bond acceptors (Lipinski definition) is 3. The van der Waals surface area contributed by atoms with Crippen LogP contribution < -0.4 is 5.32 Å². The Morgan fingerprint density at radius 1 is 1.38 bits per heavy atom. The lowest BCUT2D eigenvalue weighted by atomic mass is 9.82. The van der Waals surface area contributed by atoms with Crippen LogP contribution in [0.3, 0.4) is 0 Å². The number of nitrogens with one attached hydrogen (secondary N) is 1. The number of cyclic esters (lactones) is 1. The van der Waals surface area contributed by atoms with Crippen LogP contribution in [0.25, 0.3) is 0 Å². The van der Waals surface area contributed by atoms with Crippen molar-refractivity contribution in [1.29, 1.82) is 0 Å². The Labute approximate surface area is 76.6 Å². The Kier molecular flexibility index (Phi) is 1.78. The summed E-state index contributed by atoms with van der Waals surface area (Å²) >= 11 is 0. The van der Waals surface area contributed by atoms with E-state index in [1.165, 1.54) is 0 Å². The molecule has 0 bridgehead atoms. The van der Waals surface area contributed by atoms with Crippen molar-refractivity contribution in [2.75, 3.05) is 0 Å². The van der Waals surface area contributed by atoms with Gasteiger partial charge < -0.3 is 4.74 Å². The van der Waals surface area contributed by atoms with Crippen molar-refractivity contribution in [2.24, 2.45) is 5.41 Å². The fourth-order valence-electron chi connectivity index (χ4n) is 2.26. The molecule has 1 saturated carbocycles. The standard InChI is InChI=1S/C9H13NO3/c1-9(4-2-3-5-9)6-7(11)10-8(12)13-6/h6H,2-5H2,1H3,(H,10,11,12). The van der Waals surface area contributed by atoms with Gasteiger partial charge in [-0.05, 0) is 12.8 Å². The number of imide groups is 1. The minimum absolute atomic E-state index is 0.129. The van der Waals surface area contributed by atoms with E-state index in [0.29, 0.717) is 0 Å². The smallest absolute Gasteiger partial charge is 0.414 e. The topological polar surface area (TPSA) is 55.4 Å².